The number of rotatable bonds is 9. The zero-order chi connectivity index (χ0) is 17.2. The van der Waals surface area contributed by atoms with Crippen molar-refractivity contribution in [3.05, 3.63) is 58.7 Å². The van der Waals surface area contributed by atoms with Crippen molar-refractivity contribution in [1.29, 1.82) is 0 Å². The van der Waals surface area contributed by atoms with Gasteiger partial charge in [-0.3, -0.25) is 4.79 Å². The van der Waals surface area contributed by atoms with E-state index in [0.29, 0.717) is 17.1 Å². The van der Waals surface area contributed by atoms with E-state index in [4.69, 9.17) is 11.6 Å². The number of carbonyl (C=O) groups is 1. The van der Waals surface area contributed by atoms with E-state index in [1.54, 1.807) is 18.3 Å². The number of hydrogen-bond donors (Lipinski definition) is 2. The van der Waals surface area contributed by atoms with E-state index in [1.807, 2.05) is 24.3 Å². The van der Waals surface area contributed by atoms with Crippen molar-refractivity contribution in [1.82, 2.24) is 10.3 Å². The third-order valence-electron chi connectivity index (χ3n) is 3.70. The van der Waals surface area contributed by atoms with E-state index >= 15 is 0 Å². The summed E-state index contributed by atoms with van der Waals surface area (Å²) in [6, 6.07) is 11.2. The van der Waals surface area contributed by atoms with Crippen LogP contribution in [0, 0.1) is 0 Å². The standard InChI is InChI=1S/C19H24ClN3O/c1-2-3-4-10-21-18-14-16(9-12-22-18)19(24)23-11-8-15-6-5-7-17(20)13-15/h5-7,9,12-14H,2-4,8,10-11H2,1H3,(H,21,22)(H,23,24). The number of amides is 1. The van der Waals surface area contributed by atoms with Crippen LogP contribution in [0.4, 0.5) is 5.82 Å². The maximum atomic E-state index is 12.2. The molecule has 24 heavy (non-hydrogen) atoms. The van der Waals surface area contributed by atoms with E-state index in [0.717, 1.165) is 30.8 Å². The molecule has 0 aliphatic carbocycles. The highest BCUT2D eigenvalue weighted by atomic mass is 35.5. The molecule has 1 aromatic heterocycles. The highest BCUT2D eigenvalue weighted by Crippen LogP contribution is 2.11. The lowest BCUT2D eigenvalue weighted by Gasteiger charge is -2.08. The van der Waals surface area contributed by atoms with Gasteiger partial charge in [0.25, 0.3) is 5.91 Å². The minimum absolute atomic E-state index is 0.0870. The van der Waals surface area contributed by atoms with Gasteiger partial charge >= 0.3 is 0 Å². The molecule has 0 fully saturated rings. The third kappa shape index (κ3) is 6.20. The first-order valence-electron chi connectivity index (χ1n) is 8.41. The first-order valence-corrected chi connectivity index (χ1v) is 8.79. The number of carbonyl (C=O) groups excluding carboxylic acids is 1. The molecular formula is C19H24ClN3O. The fourth-order valence-electron chi connectivity index (χ4n) is 2.37. The summed E-state index contributed by atoms with van der Waals surface area (Å²) in [5.41, 5.74) is 1.73. The molecule has 5 heteroatoms. The van der Waals surface area contributed by atoms with E-state index in [9.17, 15) is 4.79 Å². The number of unbranched alkanes of at least 4 members (excludes halogenated alkanes) is 2. The molecule has 0 atom stereocenters. The van der Waals surface area contributed by atoms with Crippen molar-refractivity contribution in [3.8, 4) is 0 Å². The highest BCUT2D eigenvalue weighted by Gasteiger charge is 2.06. The summed E-state index contributed by atoms with van der Waals surface area (Å²) >= 11 is 5.96. The maximum absolute atomic E-state index is 12.2. The average Bonchev–Trinajstić information content (AvgIpc) is 2.59. The molecular weight excluding hydrogens is 322 g/mol. The van der Waals surface area contributed by atoms with Gasteiger partial charge in [-0.2, -0.15) is 0 Å². The fraction of sp³-hybridized carbons (Fsp3) is 0.368. The Morgan fingerprint density at radius 2 is 2.04 bits per heavy atom. The predicted octanol–water partition coefficient (Wildman–Crippen LogP) is 4.31. The number of halogens is 1. The first-order chi connectivity index (χ1) is 11.7. The second kappa shape index (κ2) is 9.93. The Kier molecular flexibility index (Phi) is 7.56. The topological polar surface area (TPSA) is 54.0 Å². The first kappa shape index (κ1) is 18.3. The van der Waals surface area contributed by atoms with Crippen LogP contribution in [0.15, 0.2) is 42.6 Å². The number of hydrogen-bond acceptors (Lipinski definition) is 3. The maximum Gasteiger partial charge on any atom is 0.251 e. The molecule has 2 rings (SSSR count). The van der Waals surface area contributed by atoms with E-state index < -0.39 is 0 Å². The van der Waals surface area contributed by atoms with Crippen LogP contribution in [0.2, 0.25) is 5.02 Å². The molecule has 0 bridgehead atoms. The summed E-state index contributed by atoms with van der Waals surface area (Å²) < 4.78 is 0. The van der Waals surface area contributed by atoms with E-state index in [2.05, 4.69) is 22.5 Å². The van der Waals surface area contributed by atoms with Crippen LogP contribution in [0.25, 0.3) is 0 Å². The second-order valence-electron chi connectivity index (χ2n) is 5.70. The Hall–Kier alpha value is -2.07. The highest BCUT2D eigenvalue weighted by molar-refractivity contribution is 6.30. The van der Waals surface area contributed by atoms with Gasteiger partial charge in [0.15, 0.2) is 0 Å². The third-order valence-corrected chi connectivity index (χ3v) is 3.93. The van der Waals surface area contributed by atoms with Crippen LogP contribution >= 0.6 is 11.6 Å². The van der Waals surface area contributed by atoms with Crippen molar-refractivity contribution in [2.75, 3.05) is 18.4 Å². The lowest BCUT2D eigenvalue weighted by molar-refractivity contribution is 0.0954. The lowest BCUT2D eigenvalue weighted by Crippen LogP contribution is -2.25. The quantitative estimate of drug-likeness (QED) is 0.666. The van der Waals surface area contributed by atoms with Crippen LogP contribution in [0.5, 0.6) is 0 Å². The van der Waals surface area contributed by atoms with Crippen LogP contribution in [0.3, 0.4) is 0 Å². The molecule has 128 valence electrons. The number of pyridine rings is 1. The van der Waals surface area contributed by atoms with Crippen LogP contribution in [-0.4, -0.2) is 24.0 Å². The molecule has 0 spiro atoms. The monoisotopic (exact) mass is 345 g/mol. The van der Waals surface area contributed by atoms with E-state index in [1.165, 1.54) is 12.8 Å². The SMILES string of the molecule is CCCCCNc1cc(C(=O)NCCc2cccc(Cl)c2)ccn1. The van der Waals surface area contributed by atoms with Crippen LogP contribution in [-0.2, 0) is 6.42 Å². The number of nitrogens with zero attached hydrogens (tertiary/aromatic N) is 1. The number of anilines is 1. The minimum atomic E-state index is -0.0870. The number of nitrogens with one attached hydrogen (secondary N) is 2. The van der Waals surface area contributed by atoms with Crippen molar-refractivity contribution in [2.45, 2.75) is 32.6 Å². The molecule has 1 heterocycles. The minimum Gasteiger partial charge on any atom is -0.370 e. The molecule has 0 saturated heterocycles. The molecule has 2 aromatic rings. The summed E-state index contributed by atoms with van der Waals surface area (Å²) in [6.07, 6.45) is 5.89. The molecule has 0 aliphatic rings. The van der Waals surface area contributed by atoms with Crippen LogP contribution < -0.4 is 10.6 Å². The van der Waals surface area contributed by atoms with Gasteiger partial charge in [0.2, 0.25) is 0 Å². The number of benzene rings is 1. The predicted molar refractivity (Wildman–Crippen MR) is 99.7 cm³/mol. The van der Waals surface area contributed by atoms with Crippen molar-refractivity contribution in [3.63, 3.8) is 0 Å². The molecule has 2 N–H and O–H groups in total. The van der Waals surface area contributed by atoms with Gasteiger partial charge < -0.3 is 10.6 Å². The van der Waals surface area contributed by atoms with Gasteiger partial charge in [0.05, 0.1) is 0 Å². The van der Waals surface area contributed by atoms with Gasteiger partial charge in [0, 0.05) is 29.9 Å². The van der Waals surface area contributed by atoms with Gasteiger partial charge in [0.1, 0.15) is 5.82 Å². The fourth-order valence-corrected chi connectivity index (χ4v) is 2.59. The zero-order valence-electron chi connectivity index (χ0n) is 14.0. The Morgan fingerprint density at radius 3 is 2.83 bits per heavy atom. The van der Waals surface area contributed by atoms with Crippen molar-refractivity contribution >= 4 is 23.3 Å². The summed E-state index contributed by atoms with van der Waals surface area (Å²) in [7, 11) is 0. The summed E-state index contributed by atoms with van der Waals surface area (Å²) in [4.78, 5) is 16.5. The number of aromatic nitrogens is 1. The van der Waals surface area contributed by atoms with Crippen molar-refractivity contribution < 1.29 is 4.79 Å². The molecule has 0 aliphatic heterocycles. The van der Waals surface area contributed by atoms with Gasteiger partial charge in [-0.15, -0.1) is 0 Å². The van der Waals surface area contributed by atoms with Crippen LogP contribution in [0.1, 0.15) is 42.1 Å². The molecule has 0 radical (unpaired) electrons. The Morgan fingerprint density at radius 1 is 1.17 bits per heavy atom. The average molecular weight is 346 g/mol. The summed E-state index contributed by atoms with van der Waals surface area (Å²) in [6.45, 7) is 3.62. The van der Waals surface area contributed by atoms with Gasteiger partial charge in [-0.25, -0.2) is 4.98 Å². The van der Waals surface area contributed by atoms with Gasteiger partial charge in [-0.05, 0) is 42.7 Å². The summed E-state index contributed by atoms with van der Waals surface area (Å²) in [5, 5.41) is 6.90. The zero-order valence-corrected chi connectivity index (χ0v) is 14.8. The van der Waals surface area contributed by atoms with Gasteiger partial charge in [-0.1, -0.05) is 43.5 Å². The Labute approximate surface area is 148 Å². The molecule has 1 aromatic carbocycles. The Bertz CT molecular complexity index is 661. The smallest absolute Gasteiger partial charge is 0.251 e. The second-order valence-corrected chi connectivity index (χ2v) is 6.14. The normalized spacial score (nSPS) is 10.4. The molecule has 1 amide bonds. The molecule has 4 nitrogen and oxygen atoms in total. The molecule has 0 unspecified atom stereocenters. The largest absolute Gasteiger partial charge is 0.370 e. The van der Waals surface area contributed by atoms with E-state index in [-0.39, 0.29) is 5.91 Å². The summed E-state index contributed by atoms with van der Waals surface area (Å²) in [5.74, 6) is 0.657. The molecule has 0 saturated carbocycles. The Balaban J connectivity index is 1.81. The van der Waals surface area contributed by atoms with Crippen molar-refractivity contribution in [2.24, 2.45) is 0 Å². The lowest BCUT2D eigenvalue weighted by atomic mass is 10.1.